The summed E-state index contributed by atoms with van der Waals surface area (Å²) in [5.74, 6) is -0.653. The number of hydrogen-bond donors (Lipinski definition) is 2. The Morgan fingerprint density at radius 3 is 2.52 bits per heavy atom. The van der Waals surface area contributed by atoms with Crippen LogP contribution in [0.4, 0.5) is 11.4 Å². The first-order chi connectivity index (χ1) is 15.0. The Morgan fingerprint density at radius 2 is 1.87 bits per heavy atom. The van der Waals surface area contributed by atoms with Crippen molar-refractivity contribution in [3.05, 3.63) is 84.1 Å². The average molecular weight is 420 g/mol. The molecular formula is C26H33N3O2. The van der Waals surface area contributed by atoms with E-state index in [4.69, 9.17) is 5.73 Å². The summed E-state index contributed by atoms with van der Waals surface area (Å²) in [5, 5.41) is 10.2. The van der Waals surface area contributed by atoms with E-state index in [1.807, 2.05) is 49.4 Å². The Morgan fingerprint density at radius 1 is 1.19 bits per heavy atom. The summed E-state index contributed by atoms with van der Waals surface area (Å²) in [7, 11) is 0. The molecule has 0 radical (unpaired) electrons. The van der Waals surface area contributed by atoms with Crippen molar-refractivity contribution in [2.75, 3.05) is 30.3 Å². The van der Waals surface area contributed by atoms with Gasteiger partial charge >= 0.3 is 0 Å². The zero-order valence-electron chi connectivity index (χ0n) is 18.3. The van der Waals surface area contributed by atoms with Crippen molar-refractivity contribution >= 4 is 17.3 Å². The molecule has 3 rings (SSSR count). The molecule has 164 valence electrons. The third-order valence-corrected chi connectivity index (χ3v) is 5.92. The van der Waals surface area contributed by atoms with E-state index in [-0.39, 0.29) is 17.7 Å². The number of aryl methyl sites for hydroxylation is 2. The van der Waals surface area contributed by atoms with Gasteiger partial charge in [-0.05, 0) is 69.0 Å². The number of aliphatic hydroxyl groups is 1. The monoisotopic (exact) mass is 419 g/mol. The molecule has 31 heavy (non-hydrogen) atoms. The van der Waals surface area contributed by atoms with Crippen LogP contribution in [-0.4, -0.2) is 41.6 Å². The second-order valence-corrected chi connectivity index (χ2v) is 8.17. The highest BCUT2D eigenvalue weighted by Gasteiger charge is 2.30. The lowest BCUT2D eigenvalue weighted by atomic mass is 10.0. The van der Waals surface area contributed by atoms with Gasteiger partial charge in [0, 0.05) is 30.5 Å². The second-order valence-electron chi connectivity index (χ2n) is 8.17. The Balaban J connectivity index is 1.61. The molecule has 0 bridgehead atoms. The molecule has 1 saturated heterocycles. The average Bonchev–Trinajstić information content (AvgIpc) is 2.77. The summed E-state index contributed by atoms with van der Waals surface area (Å²) in [6, 6.07) is 16.0. The van der Waals surface area contributed by atoms with E-state index in [0.717, 1.165) is 62.3 Å². The minimum Gasteiger partial charge on any atom is -0.503 e. The number of aliphatic hydroxyl groups excluding tert-OH is 1. The molecule has 0 spiro atoms. The molecule has 1 amide bonds. The molecule has 1 fully saturated rings. The maximum absolute atomic E-state index is 13.0. The highest BCUT2D eigenvalue weighted by atomic mass is 16.3. The summed E-state index contributed by atoms with van der Waals surface area (Å²) in [4.78, 5) is 17.2. The predicted octanol–water partition coefficient (Wildman–Crippen LogP) is 4.64. The quantitative estimate of drug-likeness (QED) is 0.283. The lowest BCUT2D eigenvalue weighted by molar-refractivity contribution is -0.118. The van der Waals surface area contributed by atoms with Crippen molar-refractivity contribution in [2.45, 2.75) is 38.6 Å². The first-order valence-corrected chi connectivity index (χ1v) is 11.0. The third kappa shape index (κ3) is 5.98. The SMILES string of the molecule is C=C/C=C(\O)C(=O)N(c1ccc(C)cc1)C1CCN(CCCc2ccccc2N)CC1. The van der Waals surface area contributed by atoms with Crippen LogP contribution >= 0.6 is 0 Å². The zero-order valence-corrected chi connectivity index (χ0v) is 18.3. The number of carbonyl (C=O) groups excluding carboxylic acids is 1. The number of anilines is 2. The fourth-order valence-corrected chi connectivity index (χ4v) is 4.16. The van der Waals surface area contributed by atoms with Gasteiger partial charge in [0.05, 0.1) is 0 Å². The fraction of sp³-hybridized carbons (Fsp3) is 0.346. The third-order valence-electron chi connectivity index (χ3n) is 5.92. The van der Waals surface area contributed by atoms with Crippen LogP contribution in [0.25, 0.3) is 0 Å². The van der Waals surface area contributed by atoms with Gasteiger partial charge in [0.1, 0.15) is 0 Å². The molecule has 0 unspecified atom stereocenters. The summed E-state index contributed by atoms with van der Waals surface area (Å²) < 4.78 is 0. The first kappa shape index (κ1) is 22.6. The number of benzene rings is 2. The predicted molar refractivity (Wildman–Crippen MR) is 128 cm³/mol. The van der Waals surface area contributed by atoms with Crippen molar-refractivity contribution in [1.29, 1.82) is 0 Å². The summed E-state index contributed by atoms with van der Waals surface area (Å²) in [5.41, 5.74) is 10.1. The number of allylic oxidation sites excluding steroid dienone is 2. The van der Waals surface area contributed by atoms with Crippen molar-refractivity contribution in [3.63, 3.8) is 0 Å². The van der Waals surface area contributed by atoms with Gasteiger partial charge in [0.2, 0.25) is 0 Å². The van der Waals surface area contributed by atoms with Gasteiger partial charge in [-0.1, -0.05) is 48.6 Å². The minimum absolute atomic E-state index is 0.0524. The van der Waals surface area contributed by atoms with Gasteiger partial charge in [-0.25, -0.2) is 0 Å². The van der Waals surface area contributed by atoms with E-state index < -0.39 is 0 Å². The van der Waals surface area contributed by atoms with E-state index in [1.165, 1.54) is 17.7 Å². The van der Waals surface area contributed by atoms with Crippen LogP contribution in [-0.2, 0) is 11.2 Å². The molecule has 1 aliphatic heterocycles. The highest BCUT2D eigenvalue weighted by Crippen LogP contribution is 2.26. The molecule has 1 aliphatic rings. The molecule has 0 atom stereocenters. The number of hydrogen-bond acceptors (Lipinski definition) is 4. The van der Waals surface area contributed by atoms with E-state index in [0.29, 0.717) is 0 Å². The minimum atomic E-state index is -0.373. The van der Waals surface area contributed by atoms with Gasteiger partial charge in [0.15, 0.2) is 5.76 Å². The van der Waals surface area contributed by atoms with Crippen molar-refractivity contribution < 1.29 is 9.90 Å². The maximum Gasteiger partial charge on any atom is 0.293 e. The summed E-state index contributed by atoms with van der Waals surface area (Å²) in [6.45, 7) is 8.47. The molecule has 5 nitrogen and oxygen atoms in total. The van der Waals surface area contributed by atoms with Gasteiger partial charge < -0.3 is 20.6 Å². The number of para-hydroxylation sites is 1. The van der Waals surface area contributed by atoms with Crippen LogP contribution in [0.15, 0.2) is 73.0 Å². The van der Waals surface area contributed by atoms with E-state index in [2.05, 4.69) is 17.5 Å². The van der Waals surface area contributed by atoms with E-state index >= 15 is 0 Å². The highest BCUT2D eigenvalue weighted by molar-refractivity contribution is 6.04. The Labute approximate surface area is 185 Å². The van der Waals surface area contributed by atoms with Gasteiger partial charge in [-0.15, -0.1) is 0 Å². The molecule has 0 aliphatic carbocycles. The van der Waals surface area contributed by atoms with Crippen LogP contribution < -0.4 is 10.6 Å². The molecule has 2 aromatic rings. The number of amides is 1. The summed E-state index contributed by atoms with van der Waals surface area (Å²) in [6.07, 6.45) is 6.56. The molecule has 2 aromatic carbocycles. The number of nitrogens with zero attached hydrogens (tertiary/aromatic N) is 2. The largest absolute Gasteiger partial charge is 0.503 e. The lowest BCUT2D eigenvalue weighted by Gasteiger charge is -2.38. The lowest BCUT2D eigenvalue weighted by Crippen LogP contribution is -2.48. The van der Waals surface area contributed by atoms with Crippen LogP contribution in [0.5, 0.6) is 0 Å². The molecule has 5 heteroatoms. The summed E-state index contributed by atoms with van der Waals surface area (Å²) >= 11 is 0. The van der Waals surface area contributed by atoms with Crippen LogP contribution in [0, 0.1) is 6.92 Å². The van der Waals surface area contributed by atoms with Crippen LogP contribution in [0.1, 0.15) is 30.4 Å². The van der Waals surface area contributed by atoms with Gasteiger partial charge in [0.25, 0.3) is 5.91 Å². The van der Waals surface area contributed by atoms with E-state index in [1.54, 1.807) is 4.90 Å². The van der Waals surface area contributed by atoms with Crippen LogP contribution in [0.3, 0.4) is 0 Å². The molecular weight excluding hydrogens is 386 g/mol. The second kappa shape index (κ2) is 10.8. The molecule has 3 N–H and O–H groups in total. The van der Waals surface area contributed by atoms with E-state index in [9.17, 15) is 9.90 Å². The number of piperidine rings is 1. The van der Waals surface area contributed by atoms with Crippen molar-refractivity contribution in [1.82, 2.24) is 4.90 Å². The van der Waals surface area contributed by atoms with Crippen molar-refractivity contribution in [3.8, 4) is 0 Å². The topological polar surface area (TPSA) is 69.8 Å². The maximum atomic E-state index is 13.0. The standard InChI is InChI=1S/C26H33N3O2/c1-3-7-25(30)26(31)29(22-13-11-20(2)12-14-22)23-15-18-28(19-16-23)17-6-9-21-8-4-5-10-24(21)27/h3-5,7-8,10-14,23,30H,1,6,9,15-19,27H2,2H3/b25-7-. The number of rotatable bonds is 8. The number of nitrogens with two attached hydrogens (primary N) is 1. The van der Waals surface area contributed by atoms with Crippen molar-refractivity contribution in [2.24, 2.45) is 0 Å². The Bertz CT molecular complexity index is 913. The normalized spacial score (nSPS) is 15.6. The number of nitrogen functional groups attached to an aromatic ring is 1. The van der Waals surface area contributed by atoms with Crippen LogP contribution in [0.2, 0.25) is 0 Å². The Kier molecular flexibility index (Phi) is 7.90. The van der Waals surface area contributed by atoms with Gasteiger partial charge in [-0.2, -0.15) is 0 Å². The molecule has 0 saturated carbocycles. The fourth-order valence-electron chi connectivity index (χ4n) is 4.16. The number of likely N-dealkylation sites (tertiary alicyclic amines) is 1. The first-order valence-electron chi connectivity index (χ1n) is 11.0. The Hall–Kier alpha value is -3.05. The smallest absolute Gasteiger partial charge is 0.293 e. The number of carbonyl (C=O) groups is 1. The molecule has 1 heterocycles. The zero-order chi connectivity index (χ0) is 22.2. The molecule has 0 aromatic heterocycles. The van der Waals surface area contributed by atoms with Gasteiger partial charge in [-0.3, -0.25) is 4.79 Å².